The van der Waals surface area contributed by atoms with E-state index in [0.29, 0.717) is 125 Å². The van der Waals surface area contributed by atoms with Gasteiger partial charge >= 0.3 is 0 Å². The van der Waals surface area contributed by atoms with Crippen molar-refractivity contribution >= 4 is 33.0 Å². The van der Waals surface area contributed by atoms with E-state index >= 15 is 0 Å². The van der Waals surface area contributed by atoms with E-state index in [-0.39, 0.29) is 42.7 Å². The summed E-state index contributed by atoms with van der Waals surface area (Å²) in [6.45, 7) is 19.1. The second-order valence-electron chi connectivity index (χ2n) is 28.2. The first-order chi connectivity index (χ1) is 54.2. The second-order valence-corrected chi connectivity index (χ2v) is 28.2. The summed E-state index contributed by atoms with van der Waals surface area (Å²) in [7, 11) is 0. The summed E-state index contributed by atoms with van der Waals surface area (Å²) in [6, 6.07) is 31.2. The zero-order valence-electron chi connectivity index (χ0n) is 62.0. The normalized spacial score (nSPS) is 11.7. The third kappa shape index (κ3) is 16.4. The lowest BCUT2D eigenvalue weighted by atomic mass is 9.88. The standard InChI is InChI=1S/C19H14N6O3.3C19H20N6O3/c26-10-13-8-16(24-28-13)18-22-21-17-14-5-1-2-6-15(14)19(23-25(17)18)27-11-12-4-3-7-20-9-12;1-19(2,3)16-15-9-21-22-17(14-8-13(10-26)28-24-14)25(15)23-18(16)27-11-12-4-6-20-7-5-12;1-19(2,3)16-15-9-21-22-17(14-7-13(10-26)28-24-14)25(15)23-18(16)27-11-12-5-4-6-20-8-12;1-19(2,3)16-15-9-21-22-17(14-8-13(10-26)28-24-14)25(15)23-18(16)27-11-12-6-4-5-7-20-12/h1-9,26H,10-11H2;3*4-9,26H,10-11H2,1-3H3. The zero-order valence-corrected chi connectivity index (χ0v) is 62.0. The van der Waals surface area contributed by atoms with Crippen LogP contribution in [0.1, 0.15) is 124 Å². The molecule has 0 bridgehead atoms. The van der Waals surface area contributed by atoms with Gasteiger partial charge in [0.25, 0.3) is 0 Å². The molecular formula is C76H74N24O12. The Kier molecular flexibility index (Phi) is 21.8. The van der Waals surface area contributed by atoms with Crippen molar-refractivity contribution in [1.29, 1.82) is 0 Å². The third-order valence-electron chi connectivity index (χ3n) is 16.9. The molecule has 0 spiro atoms. The van der Waals surface area contributed by atoms with Crippen LogP contribution in [0.4, 0.5) is 0 Å². The van der Waals surface area contributed by atoms with E-state index in [4.69, 9.17) is 37.0 Å². The maximum atomic E-state index is 9.23. The number of ether oxygens (including phenoxy) is 4. The topological polar surface area (TPSA) is 446 Å². The molecule has 1 aromatic carbocycles. The first-order valence-corrected chi connectivity index (χ1v) is 35.0. The van der Waals surface area contributed by atoms with Crippen molar-refractivity contribution < 1.29 is 57.5 Å². The highest BCUT2D eigenvalue weighted by atomic mass is 16.5. The van der Waals surface area contributed by atoms with Gasteiger partial charge in [0.2, 0.25) is 46.8 Å². The number of nitrogens with zero attached hydrogens (tertiary/aromatic N) is 24. The Balaban J connectivity index is 0.000000124. The number of hydrogen-bond acceptors (Lipinski definition) is 32. The molecule has 16 aromatic heterocycles. The van der Waals surface area contributed by atoms with Crippen LogP contribution in [0.15, 0.2) is 183 Å². The molecule has 0 radical (unpaired) electrons. The summed E-state index contributed by atoms with van der Waals surface area (Å²) >= 11 is 0. The Labute approximate surface area is 635 Å². The number of rotatable bonds is 20. The number of fused-ring (bicyclic) bond motifs is 6. The molecule has 0 amide bonds. The Morgan fingerprint density at radius 1 is 0.348 bits per heavy atom. The van der Waals surface area contributed by atoms with Crippen LogP contribution < -0.4 is 18.9 Å². The molecule has 0 aliphatic rings. The van der Waals surface area contributed by atoms with Crippen molar-refractivity contribution in [1.82, 2.24) is 120 Å². The highest BCUT2D eigenvalue weighted by Gasteiger charge is 2.32. The minimum atomic E-state index is -0.250. The molecule has 112 heavy (non-hydrogen) atoms. The van der Waals surface area contributed by atoms with Gasteiger partial charge in [0.1, 0.15) is 52.9 Å². The predicted octanol–water partition coefficient (Wildman–Crippen LogP) is 10.0. The smallest absolute Gasteiger partial charge is 0.240 e. The number of pyridine rings is 4. The fourth-order valence-corrected chi connectivity index (χ4v) is 11.8. The Bertz CT molecular complexity index is 5600. The summed E-state index contributed by atoms with van der Waals surface area (Å²) in [5.41, 5.74) is 10.3. The van der Waals surface area contributed by atoms with E-state index in [2.05, 4.69) is 164 Å². The number of benzene rings is 1. The molecule has 570 valence electrons. The van der Waals surface area contributed by atoms with E-state index in [0.717, 1.165) is 66.4 Å². The molecule has 16 heterocycles. The van der Waals surface area contributed by atoms with Crippen LogP contribution >= 0.6 is 0 Å². The van der Waals surface area contributed by atoms with Crippen LogP contribution in [0, 0.1) is 0 Å². The van der Waals surface area contributed by atoms with Crippen molar-refractivity contribution in [2.45, 2.75) is 131 Å². The van der Waals surface area contributed by atoms with Crippen molar-refractivity contribution in [2.24, 2.45) is 0 Å². The molecule has 0 unspecified atom stereocenters. The van der Waals surface area contributed by atoms with Gasteiger partial charge in [-0.1, -0.05) is 119 Å². The van der Waals surface area contributed by atoms with Crippen LogP contribution in [0.2, 0.25) is 0 Å². The molecule has 0 saturated heterocycles. The summed E-state index contributed by atoms with van der Waals surface area (Å²) < 4.78 is 50.9. The summed E-state index contributed by atoms with van der Waals surface area (Å²) in [5, 5.41) is 106. The molecular weight excluding hydrogens is 1440 g/mol. The highest BCUT2D eigenvalue weighted by Crippen LogP contribution is 2.40. The Hall–Kier alpha value is -13.8. The monoisotopic (exact) mass is 1510 g/mol. The molecule has 17 rings (SSSR count). The number of aliphatic hydroxyl groups excluding tert-OH is 4. The zero-order chi connectivity index (χ0) is 78.1. The van der Waals surface area contributed by atoms with Gasteiger partial charge in [0.15, 0.2) is 51.5 Å². The van der Waals surface area contributed by atoms with Crippen molar-refractivity contribution in [3.63, 3.8) is 0 Å². The van der Waals surface area contributed by atoms with Crippen LogP contribution in [0.25, 0.3) is 79.0 Å². The Morgan fingerprint density at radius 2 is 0.732 bits per heavy atom. The van der Waals surface area contributed by atoms with Crippen molar-refractivity contribution in [3.05, 3.63) is 227 Å². The van der Waals surface area contributed by atoms with E-state index in [1.807, 2.05) is 78.9 Å². The van der Waals surface area contributed by atoms with Gasteiger partial charge in [-0.05, 0) is 64.3 Å². The molecule has 17 aromatic rings. The fourth-order valence-electron chi connectivity index (χ4n) is 11.8. The van der Waals surface area contributed by atoms with Gasteiger partial charge in [0, 0.05) is 106 Å². The lowest BCUT2D eigenvalue weighted by Crippen LogP contribution is -2.13. The van der Waals surface area contributed by atoms with E-state index in [1.54, 1.807) is 104 Å². The minimum Gasteiger partial charge on any atom is -0.472 e. The molecule has 36 heteroatoms. The van der Waals surface area contributed by atoms with E-state index in [1.165, 1.54) is 0 Å². The average molecular weight is 1520 g/mol. The number of aromatic nitrogens is 24. The van der Waals surface area contributed by atoms with Crippen molar-refractivity contribution in [3.8, 4) is 69.6 Å². The second kappa shape index (κ2) is 32.5. The maximum absolute atomic E-state index is 9.23. The fraction of sp³-hybridized carbons (Fsp3) is 0.263. The SMILES string of the molecule is CC(C)(C)c1c(OCc2ccccn2)nn2c(-c3cc(CO)on3)nncc12.CC(C)(C)c1c(OCc2cccnc2)nn2c(-c3cc(CO)on3)nncc12.CC(C)(C)c1c(OCc2ccncc2)nn2c(-c3cc(CO)on3)nncc12.OCc1cc(-c2nnc3c4ccccc4c(OCc4cccnc4)nn23)no1. The van der Waals surface area contributed by atoms with Gasteiger partial charge < -0.3 is 57.5 Å². The van der Waals surface area contributed by atoms with Gasteiger partial charge in [-0.2, -0.15) is 19.8 Å². The predicted molar refractivity (Wildman–Crippen MR) is 397 cm³/mol. The molecule has 0 saturated carbocycles. The largest absolute Gasteiger partial charge is 0.472 e. The van der Waals surface area contributed by atoms with E-state index in [9.17, 15) is 20.4 Å². The van der Waals surface area contributed by atoms with E-state index < -0.39 is 0 Å². The maximum Gasteiger partial charge on any atom is 0.240 e. The van der Waals surface area contributed by atoms with Crippen LogP contribution in [0.3, 0.4) is 0 Å². The van der Waals surface area contributed by atoms with Crippen LogP contribution in [-0.2, 0) is 69.1 Å². The van der Waals surface area contributed by atoms with Gasteiger partial charge in [-0.3, -0.25) is 19.9 Å². The van der Waals surface area contributed by atoms with Gasteiger partial charge in [0.05, 0.1) is 40.8 Å². The molecule has 36 nitrogen and oxygen atoms in total. The molecule has 4 N–H and O–H groups in total. The number of aliphatic hydroxyl groups is 4. The highest BCUT2D eigenvalue weighted by molar-refractivity contribution is 5.97. The lowest BCUT2D eigenvalue weighted by molar-refractivity contribution is 0.229. The number of hydrogen-bond donors (Lipinski definition) is 4. The summed E-state index contributed by atoms with van der Waals surface area (Å²) in [4.78, 5) is 16.5. The quantitative estimate of drug-likeness (QED) is 0.0551. The van der Waals surface area contributed by atoms with Crippen LogP contribution in [0.5, 0.6) is 23.5 Å². The van der Waals surface area contributed by atoms with Crippen molar-refractivity contribution in [2.75, 3.05) is 0 Å². The summed E-state index contributed by atoms with van der Waals surface area (Å²) in [6.07, 6.45) is 17.1. The van der Waals surface area contributed by atoms with Gasteiger partial charge in [-0.15, -0.1) is 45.9 Å². The lowest BCUT2D eigenvalue weighted by Gasteiger charge is -2.18. The molecule has 0 aliphatic carbocycles. The summed E-state index contributed by atoms with van der Waals surface area (Å²) in [5.74, 6) is 4.89. The minimum absolute atomic E-state index is 0.240. The van der Waals surface area contributed by atoms with Gasteiger partial charge in [-0.25, -0.2) is 13.5 Å². The molecule has 0 atom stereocenters. The van der Waals surface area contributed by atoms with Crippen LogP contribution in [-0.4, -0.2) is 140 Å². The average Bonchev–Trinajstić information content (AvgIpc) is 1.62. The third-order valence-corrected chi connectivity index (χ3v) is 16.9. The first kappa shape index (κ1) is 75.0. The first-order valence-electron chi connectivity index (χ1n) is 35.0. The molecule has 0 fully saturated rings. The Morgan fingerprint density at radius 3 is 1.12 bits per heavy atom. The molecule has 0 aliphatic heterocycles.